The number of benzene rings is 1. The Morgan fingerprint density at radius 2 is 2.29 bits per heavy atom. The molecule has 21 heavy (non-hydrogen) atoms. The molecule has 0 radical (unpaired) electrons. The Kier molecular flexibility index (Phi) is 6.18. The average molecular weight is 357 g/mol. The molecule has 1 fully saturated rings. The van der Waals surface area contributed by atoms with Gasteiger partial charge in [0.2, 0.25) is 0 Å². The first-order chi connectivity index (χ1) is 10.1. The number of nitrogens with zero attached hydrogens (tertiary/aromatic N) is 1. The molecule has 0 aromatic heterocycles. The summed E-state index contributed by atoms with van der Waals surface area (Å²) in [6, 6.07) is 4.93. The molecule has 1 heterocycles. The summed E-state index contributed by atoms with van der Waals surface area (Å²) >= 11 is 3.12. The smallest absolute Gasteiger partial charge is 0.254 e. The molecule has 1 aliphatic rings. The summed E-state index contributed by atoms with van der Waals surface area (Å²) < 4.78 is 14.0. The van der Waals surface area contributed by atoms with Crippen LogP contribution < -0.4 is 5.32 Å². The highest BCUT2D eigenvalue weighted by Gasteiger charge is 2.21. The highest BCUT2D eigenvalue weighted by Crippen LogP contribution is 2.18. The Morgan fingerprint density at radius 3 is 2.90 bits per heavy atom. The zero-order chi connectivity index (χ0) is 15.2. The van der Waals surface area contributed by atoms with Crippen molar-refractivity contribution in [1.82, 2.24) is 10.2 Å². The first-order valence-electron chi connectivity index (χ1n) is 7.59. The highest BCUT2D eigenvalue weighted by molar-refractivity contribution is 9.10. The lowest BCUT2D eigenvalue weighted by Gasteiger charge is -2.30. The summed E-state index contributed by atoms with van der Waals surface area (Å²) in [6.45, 7) is 4.47. The standard InChI is InChI=1S/C16H22BrFN2O/c1-2-9-20(11-13-5-3-4-8-19-13)16(21)12-6-7-14(17)15(18)10-12/h6-7,10,13,19H,2-5,8-9,11H2,1H3. The minimum absolute atomic E-state index is 0.0874. The summed E-state index contributed by atoms with van der Waals surface area (Å²) in [5, 5.41) is 3.46. The van der Waals surface area contributed by atoms with Gasteiger partial charge in [-0.25, -0.2) is 4.39 Å². The second-order valence-electron chi connectivity index (χ2n) is 5.53. The van der Waals surface area contributed by atoms with E-state index in [1.807, 2.05) is 4.90 Å². The lowest BCUT2D eigenvalue weighted by Crippen LogP contribution is -2.46. The zero-order valence-corrected chi connectivity index (χ0v) is 14.0. The predicted molar refractivity (Wildman–Crippen MR) is 85.9 cm³/mol. The number of piperidine rings is 1. The van der Waals surface area contributed by atoms with E-state index in [9.17, 15) is 9.18 Å². The SMILES string of the molecule is CCCN(CC1CCCCN1)C(=O)c1ccc(Br)c(F)c1. The molecule has 1 unspecified atom stereocenters. The van der Waals surface area contributed by atoms with Crippen LogP contribution in [0, 0.1) is 5.82 Å². The van der Waals surface area contributed by atoms with Crippen molar-refractivity contribution in [3.05, 3.63) is 34.1 Å². The fourth-order valence-electron chi connectivity index (χ4n) is 2.70. The molecule has 2 rings (SSSR count). The molecule has 0 saturated carbocycles. The minimum Gasteiger partial charge on any atom is -0.337 e. The second-order valence-corrected chi connectivity index (χ2v) is 6.38. The molecule has 5 heteroatoms. The van der Waals surface area contributed by atoms with Gasteiger partial charge in [-0.15, -0.1) is 0 Å². The normalized spacial score (nSPS) is 18.5. The molecule has 0 bridgehead atoms. The molecule has 116 valence electrons. The van der Waals surface area contributed by atoms with Gasteiger partial charge in [0.05, 0.1) is 4.47 Å². The Bertz CT molecular complexity index is 489. The molecule has 1 amide bonds. The van der Waals surface area contributed by atoms with E-state index in [2.05, 4.69) is 28.2 Å². The molecule has 0 aliphatic carbocycles. The molecule has 1 aromatic carbocycles. The highest BCUT2D eigenvalue weighted by atomic mass is 79.9. The largest absolute Gasteiger partial charge is 0.337 e. The zero-order valence-electron chi connectivity index (χ0n) is 12.4. The lowest BCUT2D eigenvalue weighted by molar-refractivity contribution is 0.0731. The van der Waals surface area contributed by atoms with Crippen LogP contribution in [0.3, 0.4) is 0 Å². The van der Waals surface area contributed by atoms with E-state index in [-0.39, 0.29) is 5.91 Å². The number of carbonyl (C=O) groups excluding carboxylic acids is 1. The first kappa shape index (κ1) is 16.4. The van der Waals surface area contributed by atoms with Crippen molar-refractivity contribution in [3.63, 3.8) is 0 Å². The Morgan fingerprint density at radius 1 is 1.48 bits per heavy atom. The fraction of sp³-hybridized carbons (Fsp3) is 0.562. The van der Waals surface area contributed by atoms with Gasteiger partial charge in [0, 0.05) is 24.7 Å². The lowest BCUT2D eigenvalue weighted by atomic mass is 10.0. The Labute approximate surface area is 134 Å². The maximum atomic E-state index is 13.6. The van der Waals surface area contributed by atoms with Crippen molar-refractivity contribution in [1.29, 1.82) is 0 Å². The average Bonchev–Trinajstić information content (AvgIpc) is 2.50. The molecule has 1 atom stereocenters. The van der Waals surface area contributed by atoms with Crippen LogP contribution in [0.1, 0.15) is 43.0 Å². The number of hydrogen-bond donors (Lipinski definition) is 1. The van der Waals surface area contributed by atoms with Crippen LogP contribution in [0.2, 0.25) is 0 Å². The van der Waals surface area contributed by atoms with Gasteiger partial charge in [0.1, 0.15) is 5.82 Å². The van der Waals surface area contributed by atoms with E-state index in [0.29, 0.717) is 29.2 Å². The van der Waals surface area contributed by atoms with Gasteiger partial charge < -0.3 is 10.2 Å². The van der Waals surface area contributed by atoms with Crippen molar-refractivity contribution in [2.75, 3.05) is 19.6 Å². The number of carbonyl (C=O) groups is 1. The van der Waals surface area contributed by atoms with Crippen LogP contribution >= 0.6 is 15.9 Å². The van der Waals surface area contributed by atoms with Crippen LogP contribution in [0.25, 0.3) is 0 Å². The summed E-state index contributed by atoms with van der Waals surface area (Å²) in [5.41, 5.74) is 0.417. The van der Waals surface area contributed by atoms with Crippen LogP contribution in [0.15, 0.2) is 22.7 Å². The molecule has 3 nitrogen and oxygen atoms in total. The van der Waals surface area contributed by atoms with Gasteiger partial charge in [0.25, 0.3) is 5.91 Å². The number of hydrogen-bond acceptors (Lipinski definition) is 2. The molecule has 1 saturated heterocycles. The van der Waals surface area contributed by atoms with Gasteiger partial charge in [0.15, 0.2) is 0 Å². The summed E-state index contributed by atoms with van der Waals surface area (Å²) in [4.78, 5) is 14.4. The van der Waals surface area contributed by atoms with E-state index < -0.39 is 5.82 Å². The van der Waals surface area contributed by atoms with Crippen LogP contribution in [-0.2, 0) is 0 Å². The van der Waals surface area contributed by atoms with Crippen molar-refractivity contribution < 1.29 is 9.18 Å². The molecular weight excluding hydrogens is 335 g/mol. The van der Waals surface area contributed by atoms with E-state index in [0.717, 1.165) is 19.4 Å². The topological polar surface area (TPSA) is 32.3 Å². The van der Waals surface area contributed by atoms with Crippen molar-refractivity contribution in [2.24, 2.45) is 0 Å². The fourth-order valence-corrected chi connectivity index (χ4v) is 2.95. The number of halogens is 2. The van der Waals surface area contributed by atoms with Crippen LogP contribution in [0.4, 0.5) is 4.39 Å². The predicted octanol–water partition coefficient (Wildman–Crippen LogP) is 3.58. The summed E-state index contributed by atoms with van der Waals surface area (Å²) in [5.74, 6) is -0.483. The van der Waals surface area contributed by atoms with Gasteiger partial charge in [-0.05, 0) is 59.9 Å². The van der Waals surface area contributed by atoms with E-state index in [1.165, 1.54) is 18.9 Å². The first-order valence-corrected chi connectivity index (χ1v) is 8.39. The summed E-state index contributed by atoms with van der Waals surface area (Å²) in [6.07, 6.45) is 4.41. The van der Waals surface area contributed by atoms with Gasteiger partial charge in [-0.3, -0.25) is 4.79 Å². The molecule has 1 aliphatic heterocycles. The third kappa shape index (κ3) is 4.51. The number of amides is 1. The van der Waals surface area contributed by atoms with E-state index in [1.54, 1.807) is 12.1 Å². The van der Waals surface area contributed by atoms with Crippen LogP contribution in [-0.4, -0.2) is 36.5 Å². The molecule has 1 aromatic rings. The minimum atomic E-state index is -0.395. The monoisotopic (exact) mass is 356 g/mol. The van der Waals surface area contributed by atoms with Gasteiger partial charge >= 0.3 is 0 Å². The molecule has 0 spiro atoms. The number of nitrogens with one attached hydrogen (secondary N) is 1. The number of rotatable bonds is 5. The van der Waals surface area contributed by atoms with Crippen molar-refractivity contribution in [2.45, 2.75) is 38.6 Å². The van der Waals surface area contributed by atoms with Crippen molar-refractivity contribution in [3.8, 4) is 0 Å². The quantitative estimate of drug-likeness (QED) is 0.874. The van der Waals surface area contributed by atoms with Crippen LogP contribution in [0.5, 0.6) is 0 Å². The Hall–Kier alpha value is -0.940. The third-order valence-electron chi connectivity index (χ3n) is 3.80. The molecular formula is C16H22BrFN2O. The van der Waals surface area contributed by atoms with Gasteiger partial charge in [-0.2, -0.15) is 0 Å². The van der Waals surface area contributed by atoms with E-state index in [4.69, 9.17) is 0 Å². The van der Waals surface area contributed by atoms with Gasteiger partial charge in [-0.1, -0.05) is 13.3 Å². The maximum absolute atomic E-state index is 13.6. The third-order valence-corrected chi connectivity index (χ3v) is 4.44. The second kappa shape index (κ2) is 7.90. The maximum Gasteiger partial charge on any atom is 0.254 e. The van der Waals surface area contributed by atoms with Crippen molar-refractivity contribution >= 4 is 21.8 Å². The van der Waals surface area contributed by atoms with E-state index >= 15 is 0 Å². The summed E-state index contributed by atoms with van der Waals surface area (Å²) in [7, 11) is 0. The Balaban J connectivity index is 2.08. The molecule has 1 N–H and O–H groups in total.